The van der Waals surface area contributed by atoms with E-state index in [-0.39, 0.29) is 0 Å². The molecule has 3 rings (SSSR count). The van der Waals surface area contributed by atoms with Crippen LogP contribution in [-0.2, 0) is 11.2 Å². The Morgan fingerprint density at radius 2 is 1.82 bits per heavy atom. The molecule has 0 unspecified atom stereocenters. The fraction of sp³-hybridized carbons (Fsp3) is 0.0714. The molecule has 2 aromatic carbocycles. The summed E-state index contributed by atoms with van der Waals surface area (Å²) in [7, 11) is 0. The van der Waals surface area contributed by atoms with Gasteiger partial charge in [-0.3, -0.25) is 10.0 Å². The first-order valence-electron chi connectivity index (χ1n) is 5.44. The van der Waals surface area contributed by atoms with Crippen molar-refractivity contribution < 1.29 is 10.0 Å². The van der Waals surface area contributed by atoms with Crippen LogP contribution in [0.15, 0.2) is 42.5 Å². The molecule has 17 heavy (non-hydrogen) atoms. The van der Waals surface area contributed by atoms with Gasteiger partial charge in [-0.25, -0.2) is 0 Å². The minimum absolute atomic E-state index is 0.393. The van der Waals surface area contributed by atoms with E-state index in [0.717, 1.165) is 12.0 Å². The van der Waals surface area contributed by atoms with Crippen molar-refractivity contribution in [2.75, 3.05) is 5.06 Å². The number of benzene rings is 2. The summed E-state index contributed by atoms with van der Waals surface area (Å²) < 4.78 is 0. The van der Waals surface area contributed by atoms with Crippen LogP contribution in [0.5, 0.6) is 0 Å². The monoisotopic (exact) mass is 225 g/mol. The molecular formula is C14H11NO2. The average molecular weight is 225 g/mol. The second-order valence-electron chi connectivity index (χ2n) is 4.13. The standard InChI is InChI=1S/C14H11NO2/c16-9-15(17)12-5-6-14-11(8-12)7-10-3-1-2-4-13(10)14/h1-6,8-9,17H,7H2. The van der Waals surface area contributed by atoms with E-state index in [1.165, 1.54) is 16.7 Å². The number of hydrogen-bond donors (Lipinski definition) is 1. The van der Waals surface area contributed by atoms with E-state index in [4.69, 9.17) is 0 Å². The normalized spacial score (nSPS) is 11.8. The van der Waals surface area contributed by atoms with Gasteiger partial charge in [0.15, 0.2) is 0 Å². The van der Waals surface area contributed by atoms with Gasteiger partial charge in [-0.2, -0.15) is 5.06 Å². The molecule has 0 bridgehead atoms. The van der Waals surface area contributed by atoms with Gasteiger partial charge in [-0.05, 0) is 40.8 Å². The fourth-order valence-corrected chi connectivity index (χ4v) is 2.33. The number of fused-ring (bicyclic) bond motifs is 3. The number of carbonyl (C=O) groups excluding carboxylic acids is 1. The van der Waals surface area contributed by atoms with Crippen LogP contribution in [0.4, 0.5) is 5.69 Å². The second kappa shape index (κ2) is 3.71. The van der Waals surface area contributed by atoms with Crippen LogP contribution >= 0.6 is 0 Å². The lowest BCUT2D eigenvalue weighted by molar-refractivity contribution is -0.111. The van der Waals surface area contributed by atoms with Crippen LogP contribution in [0.25, 0.3) is 11.1 Å². The highest BCUT2D eigenvalue weighted by atomic mass is 16.5. The molecule has 0 fully saturated rings. The Hall–Kier alpha value is -2.13. The minimum Gasteiger partial charge on any atom is -0.281 e. The van der Waals surface area contributed by atoms with E-state index in [1.54, 1.807) is 6.07 Å². The summed E-state index contributed by atoms with van der Waals surface area (Å²) in [5.41, 5.74) is 5.36. The lowest BCUT2D eigenvalue weighted by Gasteiger charge is -2.10. The van der Waals surface area contributed by atoms with Crippen LogP contribution < -0.4 is 5.06 Å². The molecule has 3 nitrogen and oxygen atoms in total. The zero-order valence-corrected chi connectivity index (χ0v) is 9.13. The number of hydrogen-bond acceptors (Lipinski definition) is 2. The van der Waals surface area contributed by atoms with E-state index in [2.05, 4.69) is 12.1 Å². The minimum atomic E-state index is 0.393. The highest BCUT2D eigenvalue weighted by Crippen LogP contribution is 2.37. The number of hydroxylamine groups is 1. The molecule has 0 saturated carbocycles. The zero-order valence-electron chi connectivity index (χ0n) is 9.13. The second-order valence-corrected chi connectivity index (χ2v) is 4.13. The average Bonchev–Trinajstić information content (AvgIpc) is 2.75. The van der Waals surface area contributed by atoms with Crippen molar-refractivity contribution in [3.63, 3.8) is 0 Å². The van der Waals surface area contributed by atoms with Crippen LogP contribution in [0.3, 0.4) is 0 Å². The Bertz CT molecular complexity index is 593. The summed E-state index contributed by atoms with van der Waals surface area (Å²) in [6, 6.07) is 13.8. The topological polar surface area (TPSA) is 40.5 Å². The summed E-state index contributed by atoms with van der Waals surface area (Å²) >= 11 is 0. The van der Waals surface area contributed by atoms with Crippen LogP contribution in [-0.4, -0.2) is 11.6 Å². The van der Waals surface area contributed by atoms with Gasteiger partial charge in [0.2, 0.25) is 6.41 Å². The number of anilines is 1. The van der Waals surface area contributed by atoms with Crippen molar-refractivity contribution in [3.05, 3.63) is 53.6 Å². The molecule has 0 atom stereocenters. The third kappa shape index (κ3) is 1.52. The van der Waals surface area contributed by atoms with E-state index in [1.807, 2.05) is 24.3 Å². The van der Waals surface area contributed by atoms with Crippen molar-refractivity contribution in [2.45, 2.75) is 6.42 Å². The van der Waals surface area contributed by atoms with Crippen molar-refractivity contribution in [1.82, 2.24) is 0 Å². The smallest absolute Gasteiger partial charge is 0.237 e. The molecule has 3 heteroatoms. The molecule has 2 aromatic rings. The van der Waals surface area contributed by atoms with E-state index in [9.17, 15) is 10.0 Å². The molecule has 0 aromatic heterocycles. The summed E-state index contributed by atoms with van der Waals surface area (Å²) in [6.07, 6.45) is 1.25. The maximum absolute atomic E-state index is 10.5. The highest BCUT2D eigenvalue weighted by Gasteiger charge is 2.18. The Kier molecular flexibility index (Phi) is 2.20. The Labute approximate surface area is 98.9 Å². The van der Waals surface area contributed by atoms with E-state index in [0.29, 0.717) is 17.2 Å². The predicted octanol–water partition coefficient (Wildman–Crippen LogP) is 2.61. The number of carbonyl (C=O) groups is 1. The van der Waals surface area contributed by atoms with Crippen LogP contribution in [0.2, 0.25) is 0 Å². The quantitative estimate of drug-likeness (QED) is 0.413. The molecule has 0 heterocycles. The van der Waals surface area contributed by atoms with Gasteiger partial charge in [0.1, 0.15) is 0 Å². The van der Waals surface area contributed by atoms with Crippen molar-refractivity contribution in [1.29, 1.82) is 0 Å². The van der Waals surface area contributed by atoms with Gasteiger partial charge >= 0.3 is 0 Å². The lowest BCUT2D eigenvalue weighted by atomic mass is 10.1. The molecule has 84 valence electrons. The fourth-order valence-electron chi connectivity index (χ4n) is 2.33. The molecule has 0 saturated heterocycles. The van der Waals surface area contributed by atoms with Gasteiger partial charge < -0.3 is 0 Å². The Morgan fingerprint density at radius 1 is 1.06 bits per heavy atom. The van der Waals surface area contributed by atoms with Gasteiger partial charge in [0.25, 0.3) is 0 Å². The maximum Gasteiger partial charge on any atom is 0.237 e. The van der Waals surface area contributed by atoms with Crippen LogP contribution in [0.1, 0.15) is 11.1 Å². The third-order valence-corrected chi connectivity index (χ3v) is 3.14. The zero-order chi connectivity index (χ0) is 11.8. The van der Waals surface area contributed by atoms with Crippen molar-refractivity contribution in [2.24, 2.45) is 0 Å². The first-order valence-corrected chi connectivity index (χ1v) is 5.44. The first-order chi connectivity index (χ1) is 8.29. The third-order valence-electron chi connectivity index (χ3n) is 3.14. The molecule has 0 spiro atoms. The number of amides is 1. The number of rotatable bonds is 2. The molecule has 0 aliphatic heterocycles. The van der Waals surface area contributed by atoms with E-state index >= 15 is 0 Å². The van der Waals surface area contributed by atoms with Gasteiger partial charge in [-0.1, -0.05) is 30.3 Å². The lowest BCUT2D eigenvalue weighted by Crippen LogP contribution is -2.14. The van der Waals surface area contributed by atoms with Crippen molar-refractivity contribution in [3.8, 4) is 11.1 Å². The van der Waals surface area contributed by atoms with E-state index < -0.39 is 0 Å². The van der Waals surface area contributed by atoms with Gasteiger partial charge in [-0.15, -0.1) is 0 Å². The summed E-state index contributed by atoms with van der Waals surface area (Å²) in [6.45, 7) is 0. The van der Waals surface area contributed by atoms with Gasteiger partial charge in [0.05, 0.1) is 5.69 Å². The maximum atomic E-state index is 10.5. The molecular weight excluding hydrogens is 214 g/mol. The summed E-state index contributed by atoms with van der Waals surface area (Å²) in [4.78, 5) is 10.5. The molecule has 1 N–H and O–H groups in total. The Balaban J connectivity index is 2.10. The summed E-state index contributed by atoms with van der Waals surface area (Å²) in [5.74, 6) is 0. The van der Waals surface area contributed by atoms with Crippen LogP contribution in [0, 0.1) is 0 Å². The molecule has 1 amide bonds. The first kappa shape index (κ1) is 10.1. The summed E-state index contributed by atoms with van der Waals surface area (Å²) in [5, 5.41) is 9.94. The largest absolute Gasteiger partial charge is 0.281 e. The molecule has 0 radical (unpaired) electrons. The molecule has 1 aliphatic rings. The Morgan fingerprint density at radius 3 is 2.65 bits per heavy atom. The molecule has 1 aliphatic carbocycles. The van der Waals surface area contributed by atoms with Crippen molar-refractivity contribution >= 4 is 12.1 Å². The SMILES string of the molecule is O=CN(O)c1ccc2c(c1)Cc1ccccc1-2. The highest BCUT2D eigenvalue weighted by molar-refractivity contribution is 5.81. The van der Waals surface area contributed by atoms with Gasteiger partial charge in [0, 0.05) is 0 Å². The predicted molar refractivity (Wildman–Crippen MR) is 65.0 cm³/mol. The number of nitrogens with zero attached hydrogens (tertiary/aromatic N) is 1.